The molecule has 1 aliphatic rings. The van der Waals surface area contributed by atoms with E-state index < -0.39 is 0 Å². The fourth-order valence-corrected chi connectivity index (χ4v) is 4.70. The first-order valence-corrected chi connectivity index (χ1v) is 12.1. The van der Waals surface area contributed by atoms with Crippen LogP contribution in [0.25, 0.3) is 17.0 Å². The number of thioether (sulfide) groups is 1. The van der Waals surface area contributed by atoms with Gasteiger partial charge in [0.15, 0.2) is 5.17 Å². The summed E-state index contributed by atoms with van der Waals surface area (Å²) in [6.45, 7) is 4.19. The second-order valence-corrected chi connectivity index (χ2v) is 9.49. The number of anilines is 1. The minimum Gasteiger partial charge on any atom is -0.337 e. The highest BCUT2D eigenvalue weighted by Gasteiger charge is 2.24. The largest absolute Gasteiger partial charge is 0.337 e. The molecule has 2 amide bonds. The zero-order valence-electron chi connectivity index (χ0n) is 19.4. The summed E-state index contributed by atoms with van der Waals surface area (Å²) in [7, 11) is 0. The zero-order chi connectivity index (χ0) is 24.4. The van der Waals surface area contributed by atoms with E-state index in [1.807, 2.05) is 103 Å². The Kier molecular flexibility index (Phi) is 6.25. The summed E-state index contributed by atoms with van der Waals surface area (Å²) >= 11 is 1.31. The van der Waals surface area contributed by atoms with Crippen LogP contribution in [0.3, 0.4) is 0 Å². The topological polar surface area (TPSA) is 75.5 Å². The van der Waals surface area contributed by atoms with Crippen molar-refractivity contribution in [2.75, 3.05) is 5.32 Å². The molecule has 1 fully saturated rings. The van der Waals surface area contributed by atoms with Crippen molar-refractivity contribution in [1.29, 1.82) is 0 Å². The van der Waals surface area contributed by atoms with Gasteiger partial charge in [-0.3, -0.25) is 9.59 Å². The maximum Gasteiger partial charge on any atom is 0.264 e. The van der Waals surface area contributed by atoms with Crippen molar-refractivity contribution >= 4 is 57.1 Å². The standard InChI is InChI=1S/C28H24N4O2S/c1-18-7-11-21(12-8-18)29-26(33)17-32-16-20(23-5-3-4-6-24(23)32)15-25-27(34)31-28(35-25)30-22-13-9-19(2)10-14-22/h3-16H,17H2,1-2H3,(H,29,33)(H,30,31,34)/b25-15-. The Balaban J connectivity index is 1.39. The number of carbonyl (C=O) groups is 2. The molecular formula is C28H24N4O2S. The fraction of sp³-hybridized carbons (Fsp3) is 0.107. The van der Waals surface area contributed by atoms with Crippen molar-refractivity contribution in [3.05, 3.63) is 101 Å². The van der Waals surface area contributed by atoms with Gasteiger partial charge in [0.2, 0.25) is 5.91 Å². The Morgan fingerprint density at radius 3 is 2.43 bits per heavy atom. The molecule has 0 unspecified atom stereocenters. The quantitative estimate of drug-likeness (QED) is 0.355. The van der Waals surface area contributed by atoms with Gasteiger partial charge in [-0.2, -0.15) is 0 Å². The van der Waals surface area contributed by atoms with Gasteiger partial charge in [-0.15, -0.1) is 0 Å². The number of carbonyl (C=O) groups excluding carboxylic acids is 2. The summed E-state index contributed by atoms with van der Waals surface area (Å²) < 4.78 is 1.91. The number of rotatable bonds is 5. The second kappa shape index (κ2) is 9.64. The Hall–Kier alpha value is -4.10. The van der Waals surface area contributed by atoms with E-state index >= 15 is 0 Å². The molecule has 2 N–H and O–H groups in total. The smallest absolute Gasteiger partial charge is 0.264 e. The minimum atomic E-state index is -0.185. The molecule has 6 nitrogen and oxygen atoms in total. The van der Waals surface area contributed by atoms with Gasteiger partial charge in [0.05, 0.1) is 10.6 Å². The first kappa shape index (κ1) is 22.7. The average molecular weight is 481 g/mol. The molecule has 2 heterocycles. The highest BCUT2D eigenvalue weighted by Crippen LogP contribution is 2.31. The van der Waals surface area contributed by atoms with Crippen LogP contribution in [0.2, 0.25) is 0 Å². The molecule has 0 spiro atoms. The van der Waals surface area contributed by atoms with Crippen LogP contribution in [0.15, 0.2) is 88.9 Å². The molecule has 0 aliphatic carbocycles. The average Bonchev–Trinajstić information content (AvgIpc) is 3.36. The van der Waals surface area contributed by atoms with E-state index in [1.54, 1.807) is 0 Å². The minimum absolute atomic E-state index is 0.116. The van der Waals surface area contributed by atoms with Crippen LogP contribution < -0.4 is 10.6 Å². The van der Waals surface area contributed by atoms with Crippen LogP contribution in [0, 0.1) is 13.8 Å². The molecule has 0 radical (unpaired) electrons. The summed E-state index contributed by atoms with van der Waals surface area (Å²) in [6, 6.07) is 23.4. The molecule has 1 saturated heterocycles. The van der Waals surface area contributed by atoms with Gasteiger partial charge in [-0.25, -0.2) is 4.99 Å². The number of amides is 2. The first-order chi connectivity index (χ1) is 16.9. The van der Waals surface area contributed by atoms with Gasteiger partial charge in [0, 0.05) is 28.4 Å². The molecule has 7 heteroatoms. The van der Waals surface area contributed by atoms with Crippen molar-refractivity contribution in [2.45, 2.75) is 20.4 Å². The lowest BCUT2D eigenvalue weighted by molar-refractivity contribution is -0.117. The van der Waals surface area contributed by atoms with Gasteiger partial charge in [0.1, 0.15) is 6.54 Å². The number of hydrogen-bond donors (Lipinski definition) is 2. The van der Waals surface area contributed by atoms with Crippen LogP contribution in [0.1, 0.15) is 16.7 Å². The summed E-state index contributed by atoms with van der Waals surface area (Å²) in [5.74, 6) is -0.302. The molecule has 5 rings (SSSR count). The van der Waals surface area contributed by atoms with Crippen molar-refractivity contribution in [3.8, 4) is 0 Å². The number of hydrogen-bond acceptors (Lipinski definition) is 4. The van der Waals surface area contributed by atoms with E-state index in [9.17, 15) is 9.59 Å². The van der Waals surface area contributed by atoms with Gasteiger partial charge in [-0.1, -0.05) is 53.6 Å². The predicted octanol–water partition coefficient (Wildman–Crippen LogP) is 5.79. The Morgan fingerprint density at radius 2 is 1.69 bits per heavy atom. The van der Waals surface area contributed by atoms with Crippen LogP contribution in [0.5, 0.6) is 0 Å². The lowest BCUT2D eigenvalue weighted by Crippen LogP contribution is -2.19. The Bertz CT molecular complexity index is 1480. The number of aromatic nitrogens is 1. The van der Waals surface area contributed by atoms with E-state index in [2.05, 4.69) is 15.6 Å². The van der Waals surface area contributed by atoms with E-state index in [-0.39, 0.29) is 18.4 Å². The number of benzene rings is 3. The third kappa shape index (κ3) is 5.20. The van der Waals surface area contributed by atoms with E-state index in [0.29, 0.717) is 10.1 Å². The van der Waals surface area contributed by atoms with E-state index in [1.165, 1.54) is 11.8 Å². The summed E-state index contributed by atoms with van der Waals surface area (Å²) in [4.78, 5) is 30.5. The molecule has 1 aliphatic heterocycles. The van der Waals surface area contributed by atoms with Crippen LogP contribution in [-0.4, -0.2) is 21.5 Å². The number of para-hydroxylation sites is 1. The first-order valence-electron chi connectivity index (χ1n) is 11.3. The number of aliphatic imine (C=N–C) groups is 1. The highest BCUT2D eigenvalue weighted by atomic mass is 32.2. The van der Waals surface area contributed by atoms with Crippen LogP contribution >= 0.6 is 11.8 Å². The molecule has 174 valence electrons. The van der Waals surface area contributed by atoms with Gasteiger partial charge >= 0.3 is 0 Å². The van der Waals surface area contributed by atoms with Gasteiger partial charge in [-0.05, 0) is 62.0 Å². The van der Waals surface area contributed by atoms with Crippen molar-refractivity contribution < 1.29 is 9.59 Å². The van der Waals surface area contributed by atoms with Crippen LogP contribution in [-0.2, 0) is 16.1 Å². The van der Waals surface area contributed by atoms with Crippen molar-refractivity contribution in [1.82, 2.24) is 9.88 Å². The molecule has 35 heavy (non-hydrogen) atoms. The highest BCUT2D eigenvalue weighted by molar-refractivity contribution is 8.18. The Labute approximate surface area is 207 Å². The van der Waals surface area contributed by atoms with E-state index in [4.69, 9.17) is 0 Å². The zero-order valence-corrected chi connectivity index (χ0v) is 20.2. The van der Waals surface area contributed by atoms with Crippen molar-refractivity contribution in [2.24, 2.45) is 4.99 Å². The number of amidine groups is 1. The molecule has 0 saturated carbocycles. The molecule has 0 atom stereocenters. The van der Waals surface area contributed by atoms with E-state index in [0.717, 1.165) is 39.0 Å². The number of aryl methyl sites for hydroxylation is 2. The molecule has 3 aromatic carbocycles. The SMILES string of the molecule is Cc1ccc(N=C2NC(=O)/C(=C/c3cn(CC(=O)Nc4ccc(C)cc4)c4ccccc34)S2)cc1. The number of nitrogens with zero attached hydrogens (tertiary/aromatic N) is 2. The predicted molar refractivity (Wildman–Crippen MR) is 144 cm³/mol. The monoisotopic (exact) mass is 480 g/mol. The maximum atomic E-state index is 12.7. The Morgan fingerprint density at radius 1 is 1.00 bits per heavy atom. The number of nitrogens with one attached hydrogen (secondary N) is 2. The molecule has 1 aromatic heterocycles. The lowest BCUT2D eigenvalue weighted by atomic mass is 10.1. The maximum absolute atomic E-state index is 12.7. The van der Waals surface area contributed by atoms with Crippen molar-refractivity contribution in [3.63, 3.8) is 0 Å². The molecular weight excluding hydrogens is 456 g/mol. The summed E-state index contributed by atoms with van der Waals surface area (Å²) in [5.41, 5.74) is 5.64. The van der Waals surface area contributed by atoms with Crippen LogP contribution in [0.4, 0.5) is 11.4 Å². The third-order valence-electron chi connectivity index (χ3n) is 5.67. The number of fused-ring (bicyclic) bond motifs is 1. The van der Waals surface area contributed by atoms with Gasteiger partial charge < -0.3 is 15.2 Å². The van der Waals surface area contributed by atoms with Gasteiger partial charge in [0.25, 0.3) is 5.91 Å². The second-order valence-electron chi connectivity index (χ2n) is 8.46. The lowest BCUT2D eigenvalue weighted by Gasteiger charge is -2.07. The summed E-state index contributed by atoms with van der Waals surface area (Å²) in [5, 5.41) is 7.31. The normalized spacial score (nSPS) is 15.7. The fourth-order valence-electron chi connectivity index (χ4n) is 3.87. The molecule has 0 bridgehead atoms. The summed E-state index contributed by atoms with van der Waals surface area (Å²) in [6.07, 6.45) is 3.77. The molecule has 4 aromatic rings. The third-order valence-corrected chi connectivity index (χ3v) is 6.58.